The largest absolute Gasteiger partial charge is 0.368 e. The summed E-state index contributed by atoms with van der Waals surface area (Å²) in [6, 6.07) is 10.6. The van der Waals surface area contributed by atoms with Crippen molar-refractivity contribution in [2.75, 3.05) is 5.32 Å². The molecule has 1 atom stereocenters. The number of anilines is 1. The van der Waals surface area contributed by atoms with Gasteiger partial charge in [0.25, 0.3) is 0 Å². The molecule has 0 aliphatic heterocycles. The second kappa shape index (κ2) is 5.52. The molecule has 21 heavy (non-hydrogen) atoms. The van der Waals surface area contributed by atoms with Crippen LogP contribution in [0.2, 0.25) is 0 Å². The summed E-state index contributed by atoms with van der Waals surface area (Å²) in [5, 5.41) is 3.02. The van der Waals surface area contributed by atoms with Gasteiger partial charge >= 0.3 is 0 Å². The van der Waals surface area contributed by atoms with E-state index in [9.17, 15) is 13.6 Å². The Morgan fingerprint density at radius 1 is 1.14 bits per heavy atom. The third-order valence-electron chi connectivity index (χ3n) is 3.52. The molecule has 0 aromatic heterocycles. The Balaban J connectivity index is 2.48. The third-order valence-corrected chi connectivity index (χ3v) is 3.52. The molecule has 0 aliphatic rings. The molecule has 3 nitrogen and oxygen atoms in total. The van der Waals surface area contributed by atoms with E-state index in [-0.39, 0.29) is 5.56 Å². The molecule has 0 heterocycles. The van der Waals surface area contributed by atoms with Gasteiger partial charge < -0.3 is 11.1 Å². The molecule has 0 spiro atoms. The van der Waals surface area contributed by atoms with Crippen LogP contribution < -0.4 is 11.1 Å². The molecular formula is C16H16F2N2O. The van der Waals surface area contributed by atoms with Gasteiger partial charge in [0.2, 0.25) is 5.91 Å². The van der Waals surface area contributed by atoms with Gasteiger partial charge in [-0.3, -0.25) is 4.79 Å². The molecule has 2 aromatic rings. The molecule has 2 rings (SSSR count). The zero-order valence-corrected chi connectivity index (χ0v) is 11.8. The van der Waals surface area contributed by atoms with Crippen molar-refractivity contribution < 1.29 is 13.6 Å². The average Bonchev–Trinajstić information content (AvgIpc) is 2.44. The molecule has 3 N–H and O–H groups in total. The van der Waals surface area contributed by atoms with Crippen LogP contribution in [-0.4, -0.2) is 5.91 Å². The SMILES string of the molecule is Cc1ccccc1NC(C)(C(N)=O)c1ccc(F)c(F)c1. The minimum Gasteiger partial charge on any atom is -0.368 e. The number of amides is 1. The third kappa shape index (κ3) is 2.86. The Hall–Kier alpha value is -2.43. The number of carbonyl (C=O) groups is 1. The number of benzene rings is 2. The van der Waals surface area contributed by atoms with Crippen molar-refractivity contribution in [3.63, 3.8) is 0 Å². The number of hydrogen-bond acceptors (Lipinski definition) is 2. The van der Waals surface area contributed by atoms with Gasteiger partial charge in [0.1, 0.15) is 5.54 Å². The fraction of sp³-hybridized carbons (Fsp3) is 0.188. The molecule has 5 heteroatoms. The summed E-state index contributed by atoms with van der Waals surface area (Å²) in [5.74, 6) is -2.68. The van der Waals surface area contributed by atoms with Gasteiger partial charge in [0.15, 0.2) is 11.6 Å². The molecule has 1 amide bonds. The van der Waals surface area contributed by atoms with Crippen LogP contribution in [0.1, 0.15) is 18.1 Å². The van der Waals surface area contributed by atoms with Crippen LogP contribution in [0.3, 0.4) is 0 Å². The number of primary amides is 1. The Bertz CT molecular complexity index is 688. The summed E-state index contributed by atoms with van der Waals surface area (Å²) in [6.45, 7) is 3.41. The summed E-state index contributed by atoms with van der Waals surface area (Å²) in [5.41, 5.74) is 5.99. The van der Waals surface area contributed by atoms with E-state index in [1.807, 2.05) is 25.1 Å². The van der Waals surface area contributed by atoms with E-state index in [2.05, 4.69) is 5.32 Å². The van der Waals surface area contributed by atoms with Gasteiger partial charge in [-0.2, -0.15) is 0 Å². The van der Waals surface area contributed by atoms with Gasteiger partial charge in [-0.15, -0.1) is 0 Å². The van der Waals surface area contributed by atoms with Crippen molar-refractivity contribution in [2.24, 2.45) is 5.73 Å². The van der Waals surface area contributed by atoms with E-state index in [1.54, 1.807) is 6.07 Å². The average molecular weight is 290 g/mol. The van der Waals surface area contributed by atoms with Gasteiger partial charge in [0, 0.05) is 5.69 Å². The second-order valence-corrected chi connectivity index (χ2v) is 5.06. The second-order valence-electron chi connectivity index (χ2n) is 5.06. The van der Waals surface area contributed by atoms with E-state index in [0.29, 0.717) is 5.69 Å². The highest BCUT2D eigenvalue weighted by Crippen LogP contribution is 2.28. The normalized spacial score (nSPS) is 13.5. The summed E-state index contributed by atoms with van der Waals surface area (Å²) < 4.78 is 26.5. The lowest BCUT2D eigenvalue weighted by Crippen LogP contribution is -2.45. The van der Waals surface area contributed by atoms with Crippen molar-refractivity contribution >= 4 is 11.6 Å². The quantitative estimate of drug-likeness (QED) is 0.909. The van der Waals surface area contributed by atoms with E-state index >= 15 is 0 Å². The molecule has 0 saturated carbocycles. The smallest absolute Gasteiger partial charge is 0.247 e. The van der Waals surface area contributed by atoms with Crippen LogP contribution in [0.15, 0.2) is 42.5 Å². The lowest BCUT2D eigenvalue weighted by atomic mass is 9.90. The van der Waals surface area contributed by atoms with Crippen molar-refractivity contribution in [1.82, 2.24) is 0 Å². The first-order chi connectivity index (χ1) is 9.84. The zero-order valence-electron chi connectivity index (χ0n) is 11.8. The number of carbonyl (C=O) groups excluding carboxylic acids is 1. The molecule has 0 saturated heterocycles. The first-order valence-electron chi connectivity index (χ1n) is 6.44. The molecule has 0 radical (unpaired) electrons. The maximum Gasteiger partial charge on any atom is 0.247 e. The Morgan fingerprint density at radius 3 is 2.38 bits per heavy atom. The number of rotatable bonds is 4. The fourth-order valence-electron chi connectivity index (χ4n) is 2.07. The highest BCUT2D eigenvalue weighted by atomic mass is 19.2. The number of aryl methyl sites for hydroxylation is 1. The van der Waals surface area contributed by atoms with Crippen molar-refractivity contribution in [2.45, 2.75) is 19.4 Å². The summed E-state index contributed by atoms with van der Waals surface area (Å²) in [6.07, 6.45) is 0. The number of nitrogens with two attached hydrogens (primary N) is 1. The van der Waals surface area contributed by atoms with E-state index in [0.717, 1.165) is 17.7 Å². The fourth-order valence-corrected chi connectivity index (χ4v) is 2.07. The minimum atomic E-state index is -1.35. The number of halogens is 2. The van der Waals surface area contributed by atoms with Gasteiger partial charge in [-0.05, 0) is 43.2 Å². The van der Waals surface area contributed by atoms with E-state index in [1.165, 1.54) is 13.0 Å². The Labute approximate surface area is 121 Å². The monoisotopic (exact) mass is 290 g/mol. The molecule has 1 unspecified atom stereocenters. The van der Waals surface area contributed by atoms with Crippen LogP contribution in [0.5, 0.6) is 0 Å². The highest BCUT2D eigenvalue weighted by molar-refractivity contribution is 5.89. The Morgan fingerprint density at radius 2 is 1.81 bits per heavy atom. The lowest BCUT2D eigenvalue weighted by molar-refractivity contribution is -0.122. The maximum absolute atomic E-state index is 13.4. The predicted octanol–water partition coefficient (Wildman–Crippen LogP) is 3.09. The lowest BCUT2D eigenvalue weighted by Gasteiger charge is -2.30. The van der Waals surface area contributed by atoms with Crippen LogP contribution in [0.25, 0.3) is 0 Å². The number of para-hydroxylation sites is 1. The first-order valence-corrected chi connectivity index (χ1v) is 6.44. The topological polar surface area (TPSA) is 55.1 Å². The van der Waals surface area contributed by atoms with E-state index in [4.69, 9.17) is 5.73 Å². The van der Waals surface area contributed by atoms with Gasteiger partial charge in [-0.25, -0.2) is 8.78 Å². The number of nitrogens with one attached hydrogen (secondary N) is 1. The molecule has 0 aliphatic carbocycles. The molecule has 0 fully saturated rings. The standard InChI is InChI=1S/C16H16F2N2O/c1-10-5-3-4-6-14(10)20-16(2,15(19)21)11-7-8-12(17)13(18)9-11/h3-9,20H,1-2H3,(H2,19,21). The molecular weight excluding hydrogens is 274 g/mol. The first kappa shape index (κ1) is 15.0. The van der Waals surface area contributed by atoms with Crippen LogP contribution in [-0.2, 0) is 10.3 Å². The predicted molar refractivity (Wildman–Crippen MR) is 77.7 cm³/mol. The summed E-state index contributed by atoms with van der Waals surface area (Å²) >= 11 is 0. The molecule has 0 bridgehead atoms. The maximum atomic E-state index is 13.4. The van der Waals surface area contributed by atoms with Crippen LogP contribution in [0.4, 0.5) is 14.5 Å². The zero-order chi connectivity index (χ0) is 15.6. The Kier molecular flexibility index (Phi) is 3.93. The number of hydrogen-bond donors (Lipinski definition) is 2. The van der Waals surface area contributed by atoms with Crippen molar-refractivity contribution in [3.05, 3.63) is 65.2 Å². The summed E-state index contributed by atoms with van der Waals surface area (Å²) in [4.78, 5) is 11.9. The van der Waals surface area contributed by atoms with Gasteiger partial charge in [-0.1, -0.05) is 24.3 Å². The van der Waals surface area contributed by atoms with E-state index < -0.39 is 23.1 Å². The minimum absolute atomic E-state index is 0.261. The van der Waals surface area contributed by atoms with Crippen LogP contribution >= 0.6 is 0 Å². The summed E-state index contributed by atoms with van der Waals surface area (Å²) in [7, 11) is 0. The molecule has 2 aromatic carbocycles. The highest BCUT2D eigenvalue weighted by Gasteiger charge is 2.34. The molecule has 110 valence electrons. The van der Waals surface area contributed by atoms with Crippen molar-refractivity contribution in [1.29, 1.82) is 0 Å². The van der Waals surface area contributed by atoms with Crippen LogP contribution in [0, 0.1) is 18.6 Å². The van der Waals surface area contributed by atoms with Crippen molar-refractivity contribution in [3.8, 4) is 0 Å². The van der Waals surface area contributed by atoms with Gasteiger partial charge in [0.05, 0.1) is 0 Å².